The van der Waals surface area contributed by atoms with Gasteiger partial charge in [-0.15, -0.1) is 0 Å². The van der Waals surface area contributed by atoms with E-state index in [1.165, 1.54) is 4.90 Å². The highest BCUT2D eigenvalue weighted by Gasteiger charge is 2.12. The highest BCUT2D eigenvalue weighted by Crippen LogP contribution is 2.08. The van der Waals surface area contributed by atoms with Crippen LogP contribution in [0.1, 0.15) is 10.5 Å². The largest absolute Gasteiger partial charge is 0.392 e. The fourth-order valence-corrected chi connectivity index (χ4v) is 1.43. The van der Waals surface area contributed by atoms with Gasteiger partial charge in [-0.2, -0.15) is 0 Å². The third kappa shape index (κ3) is 3.56. The summed E-state index contributed by atoms with van der Waals surface area (Å²) in [5, 5.41) is 0. The summed E-state index contributed by atoms with van der Waals surface area (Å²) in [5.41, 5.74) is 5.72. The van der Waals surface area contributed by atoms with Crippen LogP contribution in [0.3, 0.4) is 0 Å². The fraction of sp³-hybridized carbons (Fsp3) is 0.222. The normalized spacial score (nSPS) is 9.73. The monoisotopic (exact) mass is 287 g/mol. The number of pyridine rings is 1. The Labute approximate surface area is 102 Å². The van der Waals surface area contributed by atoms with Crippen LogP contribution in [-0.4, -0.2) is 34.4 Å². The molecule has 2 N–H and O–H groups in total. The van der Waals surface area contributed by atoms with Gasteiger partial charge in [0.2, 0.25) is 0 Å². The van der Waals surface area contributed by atoms with E-state index in [4.69, 9.17) is 18.0 Å². The number of rotatable bonds is 3. The van der Waals surface area contributed by atoms with E-state index >= 15 is 0 Å². The molecule has 1 heterocycles. The molecule has 0 aliphatic rings. The summed E-state index contributed by atoms with van der Waals surface area (Å²) in [6, 6.07) is 3.40. The summed E-state index contributed by atoms with van der Waals surface area (Å²) in [6.07, 6.45) is 1.57. The van der Waals surface area contributed by atoms with E-state index in [9.17, 15) is 4.79 Å². The molecule has 0 spiro atoms. The van der Waals surface area contributed by atoms with Gasteiger partial charge in [-0.25, -0.2) is 4.98 Å². The summed E-state index contributed by atoms with van der Waals surface area (Å²) in [5.74, 6) is -0.199. The minimum Gasteiger partial charge on any atom is -0.392 e. The lowest BCUT2D eigenvalue weighted by molar-refractivity contribution is 0.0809. The SMILES string of the molecule is CN(CC(N)=S)C(=O)c1ccc(Br)cn1. The summed E-state index contributed by atoms with van der Waals surface area (Å²) >= 11 is 7.96. The van der Waals surface area contributed by atoms with Gasteiger partial charge in [0.1, 0.15) is 5.69 Å². The molecule has 0 aliphatic carbocycles. The van der Waals surface area contributed by atoms with Crippen molar-refractivity contribution < 1.29 is 4.79 Å². The lowest BCUT2D eigenvalue weighted by Gasteiger charge is -2.15. The van der Waals surface area contributed by atoms with E-state index in [-0.39, 0.29) is 17.4 Å². The molecule has 0 bridgehead atoms. The summed E-state index contributed by atoms with van der Waals surface area (Å²) < 4.78 is 0.830. The Balaban J connectivity index is 2.76. The Morgan fingerprint density at radius 3 is 2.80 bits per heavy atom. The molecule has 15 heavy (non-hydrogen) atoms. The van der Waals surface area contributed by atoms with E-state index in [1.807, 2.05) is 0 Å². The maximum Gasteiger partial charge on any atom is 0.272 e. The summed E-state index contributed by atoms with van der Waals surface area (Å²) in [4.78, 5) is 17.4. The molecule has 0 aromatic carbocycles. The molecule has 0 saturated carbocycles. The average Bonchev–Trinajstić information content (AvgIpc) is 2.17. The minimum atomic E-state index is -0.199. The highest BCUT2D eigenvalue weighted by molar-refractivity contribution is 9.10. The first-order valence-corrected chi connectivity index (χ1v) is 5.36. The maximum atomic E-state index is 11.7. The number of nitrogens with two attached hydrogens (primary N) is 1. The topological polar surface area (TPSA) is 59.2 Å². The molecule has 1 aromatic heterocycles. The zero-order valence-electron chi connectivity index (χ0n) is 8.11. The molecule has 80 valence electrons. The van der Waals surface area contributed by atoms with Crippen molar-refractivity contribution in [1.82, 2.24) is 9.88 Å². The van der Waals surface area contributed by atoms with Gasteiger partial charge >= 0.3 is 0 Å². The van der Waals surface area contributed by atoms with Gasteiger partial charge in [-0.05, 0) is 28.1 Å². The van der Waals surface area contributed by atoms with Gasteiger partial charge in [-0.1, -0.05) is 12.2 Å². The van der Waals surface area contributed by atoms with E-state index in [0.29, 0.717) is 5.69 Å². The lowest BCUT2D eigenvalue weighted by atomic mass is 10.3. The van der Waals surface area contributed by atoms with Crippen molar-refractivity contribution in [2.75, 3.05) is 13.6 Å². The third-order valence-corrected chi connectivity index (χ3v) is 2.28. The van der Waals surface area contributed by atoms with E-state index in [1.54, 1.807) is 25.4 Å². The van der Waals surface area contributed by atoms with Crippen LogP contribution in [0.2, 0.25) is 0 Å². The first-order chi connectivity index (χ1) is 7.00. The predicted octanol–water partition coefficient (Wildman–Crippen LogP) is 1.20. The average molecular weight is 288 g/mol. The molecule has 0 unspecified atom stereocenters. The number of hydrogen-bond acceptors (Lipinski definition) is 3. The molecule has 0 radical (unpaired) electrons. The second-order valence-electron chi connectivity index (χ2n) is 2.99. The highest BCUT2D eigenvalue weighted by atomic mass is 79.9. The van der Waals surface area contributed by atoms with Gasteiger partial charge in [0.15, 0.2) is 0 Å². The van der Waals surface area contributed by atoms with Gasteiger partial charge < -0.3 is 10.6 Å². The molecule has 0 fully saturated rings. The van der Waals surface area contributed by atoms with Crippen molar-refractivity contribution in [3.63, 3.8) is 0 Å². The van der Waals surface area contributed by atoms with Crippen molar-refractivity contribution in [3.05, 3.63) is 28.5 Å². The van der Waals surface area contributed by atoms with Crippen molar-refractivity contribution in [2.45, 2.75) is 0 Å². The molecule has 0 atom stereocenters. The Bertz CT molecular complexity index is 379. The van der Waals surface area contributed by atoms with Gasteiger partial charge in [-0.3, -0.25) is 4.79 Å². The number of amides is 1. The Kier molecular flexibility index (Phi) is 4.16. The van der Waals surface area contributed by atoms with Gasteiger partial charge in [0, 0.05) is 17.7 Å². The number of carbonyl (C=O) groups excluding carboxylic acids is 1. The summed E-state index contributed by atoms with van der Waals surface area (Å²) in [6.45, 7) is 0.256. The zero-order valence-corrected chi connectivity index (χ0v) is 10.5. The van der Waals surface area contributed by atoms with Crippen LogP contribution in [-0.2, 0) is 0 Å². The maximum absolute atomic E-state index is 11.7. The molecule has 6 heteroatoms. The molecule has 1 aromatic rings. The number of halogens is 1. The molecule has 0 aliphatic heterocycles. The van der Waals surface area contributed by atoms with Gasteiger partial charge in [0.25, 0.3) is 5.91 Å². The van der Waals surface area contributed by atoms with Crippen LogP contribution in [0.15, 0.2) is 22.8 Å². The second-order valence-corrected chi connectivity index (χ2v) is 4.43. The third-order valence-electron chi connectivity index (χ3n) is 1.69. The van der Waals surface area contributed by atoms with Crippen LogP contribution in [0.4, 0.5) is 0 Å². The number of thiocarbonyl (C=S) groups is 1. The van der Waals surface area contributed by atoms with Gasteiger partial charge in [0.05, 0.1) is 11.5 Å². The zero-order chi connectivity index (χ0) is 11.4. The number of hydrogen-bond donors (Lipinski definition) is 1. The van der Waals surface area contributed by atoms with E-state index in [2.05, 4.69) is 20.9 Å². The van der Waals surface area contributed by atoms with Crippen LogP contribution in [0, 0.1) is 0 Å². The molecular weight excluding hydrogens is 278 g/mol. The molecule has 0 saturated heterocycles. The summed E-state index contributed by atoms with van der Waals surface area (Å²) in [7, 11) is 1.63. The van der Waals surface area contributed by atoms with Crippen LogP contribution < -0.4 is 5.73 Å². The molecule has 4 nitrogen and oxygen atoms in total. The molecule has 1 rings (SSSR count). The molecular formula is C9H10BrN3OS. The Morgan fingerprint density at radius 1 is 1.67 bits per heavy atom. The van der Waals surface area contributed by atoms with Crippen molar-refractivity contribution in [2.24, 2.45) is 5.73 Å². The van der Waals surface area contributed by atoms with Crippen molar-refractivity contribution in [3.8, 4) is 0 Å². The van der Waals surface area contributed by atoms with E-state index in [0.717, 1.165) is 4.47 Å². The van der Waals surface area contributed by atoms with Crippen molar-refractivity contribution in [1.29, 1.82) is 0 Å². The fourth-order valence-electron chi connectivity index (χ4n) is 1.00. The first kappa shape index (κ1) is 12.1. The minimum absolute atomic E-state index is 0.199. The second kappa shape index (κ2) is 5.18. The van der Waals surface area contributed by atoms with E-state index < -0.39 is 0 Å². The number of carbonyl (C=O) groups is 1. The smallest absolute Gasteiger partial charge is 0.272 e. The Hall–Kier alpha value is -1.01. The standard InChI is InChI=1S/C9H10BrN3OS/c1-13(5-8(11)15)9(14)7-3-2-6(10)4-12-7/h2-4H,5H2,1H3,(H2,11,15). The molecule has 1 amide bonds. The number of aromatic nitrogens is 1. The van der Waals surface area contributed by atoms with Crippen LogP contribution in [0.25, 0.3) is 0 Å². The lowest BCUT2D eigenvalue weighted by Crippen LogP contribution is -2.34. The Morgan fingerprint density at radius 2 is 2.33 bits per heavy atom. The quantitative estimate of drug-likeness (QED) is 0.849. The van der Waals surface area contributed by atoms with Crippen molar-refractivity contribution >= 4 is 39.0 Å². The number of likely N-dealkylation sites (N-methyl/N-ethyl adjacent to an activating group) is 1. The first-order valence-electron chi connectivity index (χ1n) is 4.16. The number of nitrogens with zero attached hydrogens (tertiary/aromatic N) is 2. The van der Waals surface area contributed by atoms with Crippen LogP contribution >= 0.6 is 28.1 Å². The predicted molar refractivity (Wildman–Crippen MR) is 65.7 cm³/mol. The van der Waals surface area contributed by atoms with Crippen LogP contribution in [0.5, 0.6) is 0 Å².